The van der Waals surface area contributed by atoms with Crippen LogP contribution in [-0.2, 0) is 0 Å². The highest BCUT2D eigenvalue weighted by atomic mass is 15.2. The topological polar surface area (TPSA) is 27.3 Å². The van der Waals surface area contributed by atoms with Crippen LogP contribution in [0, 0.1) is 0 Å². The van der Waals surface area contributed by atoms with Crippen molar-refractivity contribution in [1.29, 1.82) is 0 Å². The zero-order valence-electron chi connectivity index (χ0n) is 15.5. The van der Waals surface area contributed by atoms with Crippen LogP contribution in [0.5, 0.6) is 0 Å². The summed E-state index contributed by atoms with van der Waals surface area (Å²) >= 11 is 0. The molecule has 0 saturated carbocycles. The summed E-state index contributed by atoms with van der Waals surface area (Å²) in [5.74, 6) is 0.371. The molecule has 0 aliphatic carbocycles. The van der Waals surface area contributed by atoms with Gasteiger partial charge in [0, 0.05) is 24.5 Å². The standard InChI is InChI=1S/C21H33N3/c1-4-18(21(2,3)24-15-9-6-10-16-24)19(20-22-13-14-23-20)17-11-7-5-8-12-17/h4-5,7-8,11-12,19-20,22-23H,6,9-10,13-16H2,1-3H3/b18-4-. The van der Waals surface area contributed by atoms with Gasteiger partial charge in [-0.05, 0) is 57.8 Å². The molecule has 0 radical (unpaired) electrons. The number of hydrogen-bond donors (Lipinski definition) is 2. The van der Waals surface area contributed by atoms with Crippen molar-refractivity contribution in [3.8, 4) is 0 Å². The van der Waals surface area contributed by atoms with E-state index < -0.39 is 0 Å². The maximum absolute atomic E-state index is 3.67. The summed E-state index contributed by atoms with van der Waals surface area (Å²) < 4.78 is 0. The molecule has 2 aliphatic heterocycles. The van der Waals surface area contributed by atoms with Crippen LogP contribution in [0.25, 0.3) is 0 Å². The Hall–Kier alpha value is -1.16. The van der Waals surface area contributed by atoms with E-state index in [4.69, 9.17) is 0 Å². The number of piperidine rings is 1. The number of allylic oxidation sites excluding steroid dienone is 1. The van der Waals surface area contributed by atoms with Crippen molar-refractivity contribution in [3.05, 3.63) is 47.5 Å². The average Bonchev–Trinajstić information content (AvgIpc) is 3.15. The largest absolute Gasteiger partial charge is 0.300 e. The fourth-order valence-corrected chi connectivity index (χ4v) is 4.52. The molecule has 0 aromatic heterocycles. The lowest BCUT2D eigenvalue weighted by Crippen LogP contribution is -2.52. The zero-order valence-corrected chi connectivity index (χ0v) is 15.5. The van der Waals surface area contributed by atoms with E-state index in [1.54, 1.807) is 0 Å². The van der Waals surface area contributed by atoms with E-state index in [0.717, 1.165) is 13.1 Å². The molecule has 2 saturated heterocycles. The summed E-state index contributed by atoms with van der Waals surface area (Å²) in [5, 5.41) is 7.35. The Morgan fingerprint density at radius 2 is 1.71 bits per heavy atom. The molecule has 2 aliphatic rings. The fraction of sp³-hybridized carbons (Fsp3) is 0.619. The Labute approximate surface area is 147 Å². The highest BCUT2D eigenvalue weighted by Gasteiger charge is 2.39. The molecule has 3 rings (SSSR count). The molecule has 132 valence electrons. The molecule has 1 aromatic carbocycles. The molecule has 1 unspecified atom stereocenters. The van der Waals surface area contributed by atoms with Gasteiger partial charge in [0.25, 0.3) is 0 Å². The van der Waals surface area contributed by atoms with Crippen LogP contribution in [-0.4, -0.2) is 42.8 Å². The molecule has 0 bridgehead atoms. The monoisotopic (exact) mass is 327 g/mol. The van der Waals surface area contributed by atoms with Crippen molar-refractivity contribution in [2.75, 3.05) is 26.2 Å². The third-order valence-electron chi connectivity index (χ3n) is 5.84. The van der Waals surface area contributed by atoms with Gasteiger partial charge in [0.1, 0.15) is 0 Å². The lowest BCUT2D eigenvalue weighted by molar-refractivity contribution is 0.116. The van der Waals surface area contributed by atoms with E-state index in [2.05, 4.69) is 72.7 Å². The van der Waals surface area contributed by atoms with E-state index in [-0.39, 0.29) is 5.54 Å². The van der Waals surface area contributed by atoms with Gasteiger partial charge in [-0.1, -0.05) is 42.8 Å². The van der Waals surface area contributed by atoms with Gasteiger partial charge in [-0.25, -0.2) is 0 Å². The van der Waals surface area contributed by atoms with Crippen LogP contribution in [0.15, 0.2) is 42.0 Å². The molecule has 2 heterocycles. The van der Waals surface area contributed by atoms with Crippen LogP contribution in [0.2, 0.25) is 0 Å². The molecule has 3 nitrogen and oxygen atoms in total. The second-order valence-electron chi connectivity index (χ2n) is 7.63. The summed E-state index contributed by atoms with van der Waals surface area (Å²) in [6.45, 7) is 11.6. The highest BCUT2D eigenvalue weighted by molar-refractivity contribution is 5.36. The number of likely N-dealkylation sites (tertiary alicyclic amines) is 1. The molecule has 1 atom stereocenters. The van der Waals surface area contributed by atoms with Gasteiger partial charge in [-0.3, -0.25) is 15.5 Å². The molecule has 1 aromatic rings. The molecular formula is C21H33N3. The molecule has 0 spiro atoms. The quantitative estimate of drug-likeness (QED) is 0.811. The highest BCUT2D eigenvalue weighted by Crippen LogP contribution is 2.39. The number of nitrogens with one attached hydrogen (secondary N) is 2. The number of nitrogens with zero attached hydrogens (tertiary/aromatic N) is 1. The van der Waals surface area contributed by atoms with Gasteiger partial charge < -0.3 is 0 Å². The minimum Gasteiger partial charge on any atom is -0.300 e. The Morgan fingerprint density at radius 1 is 1.08 bits per heavy atom. The number of rotatable bonds is 5. The van der Waals surface area contributed by atoms with E-state index >= 15 is 0 Å². The van der Waals surface area contributed by atoms with Gasteiger partial charge in [0.15, 0.2) is 0 Å². The Morgan fingerprint density at radius 3 is 2.29 bits per heavy atom. The van der Waals surface area contributed by atoms with Gasteiger partial charge in [0.2, 0.25) is 0 Å². The Kier molecular flexibility index (Phi) is 5.75. The Bertz CT molecular complexity index is 537. The van der Waals surface area contributed by atoms with Crippen molar-refractivity contribution in [2.24, 2.45) is 0 Å². The smallest absolute Gasteiger partial charge is 0.0682 e. The van der Waals surface area contributed by atoms with Gasteiger partial charge in [-0.2, -0.15) is 0 Å². The minimum absolute atomic E-state index is 0.0849. The normalized spacial score (nSPS) is 22.7. The molecule has 0 amide bonds. The minimum atomic E-state index is 0.0849. The predicted molar refractivity (Wildman–Crippen MR) is 102 cm³/mol. The fourth-order valence-electron chi connectivity index (χ4n) is 4.52. The van der Waals surface area contributed by atoms with Crippen LogP contribution in [0.1, 0.15) is 51.5 Å². The molecular weight excluding hydrogens is 294 g/mol. The maximum Gasteiger partial charge on any atom is 0.0682 e. The van der Waals surface area contributed by atoms with Gasteiger partial charge in [0.05, 0.1) is 6.17 Å². The molecule has 3 heteroatoms. The number of hydrogen-bond acceptors (Lipinski definition) is 3. The van der Waals surface area contributed by atoms with Crippen molar-refractivity contribution in [1.82, 2.24) is 15.5 Å². The zero-order chi connectivity index (χ0) is 17.0. The summed E-state index contributed by atoms with van der Waals surface area (Å²) in [6, 6.07) is 11.0. The third kappa shape index (κ3) is 3.58. The first-order valence-electron chi connectivity index (χ1n) is 9.58. The molecule has 2 fully saturated rings. The van der Waals surface area contributed by atoms with E-state index in [1.165, 1.54) is 43.5 Å². The average molecular weight is 328 g/mol. The summed E-state index contributed by atoms with van der Waals surface area (Å²) in [7, 11) is 0. The SMILES string of the molecule is C/C=C(/C(c1ccccc1)C1NCCN1)C(C)(C)N1CCCCC1. The van der Waals surface area contributed by atoms with Gasteiger partial charge >= 0.3 is 0 Å². The lowest BCUT2D eigenvalue weighted by Gasteiger charge is -2.46. The first-order valence-corrected chi connectivity index (χ1v) is 9.58. The lowest BCUT2D eigenvalue weighted by atomic mass is 9.77. The Balaban J connectivity index is 1.94. The molecule has 2 N–H and O–H groups in total. The maximum atomic E-state index is 3.67. The van der Waals surface area contributed by atoms with Crippen LogP contribution in [0.3, 0.4) is 0 Å². The van der Waals surface area contributed by atoms with Crippen LogP contribution >= 0.6 is 0 Å². The molecule has 24 heavy (non-hydrogen) atoms. The van der Waals surface area contributed by atoms with E-state index in [9.17, 15) is 0 Å². The predicted octanol–water partition coefficient (Wildman–Crippen LogP) is 3.50. The van der Waals surface area contributed by atoms with E-state index in [1.807, 2.05) is 0 Å². The second kappa shape index (κ2) is 7.81. The first kappa shape index (κ1) is 17.7. The van der Waals surface area contributed by atoms with Crippen molar-refractivity contribution < 1.29 is 0 Å². The van der Waals surface area contributed by atoms with E-state index in [0.29, 0.717) is 12.1 Å². The first-order chi connectivity index (χ1) is 11.6. The summed E-state index contributed by atoms with van der Waals surface area (Å²) in [5.41, 5.74) is 3.02. The summed E-state index contributed by atoms with van der Waals surface area (Å²) in [4.78, 5) is 2.69. The van der Waals surface area contributed by atoms with Crippen molar-refractivity contribution in [2.45, 2.75) is 57.7 Å². The second-order valence-corrected chi connectivity index (χ2v) is 7.63. The third-order valence-corrected chi connectivity index (χ3v) is 5.84. The van der Waals surface area contributed by atoms with Crippen LogP contribution < -0.4 is 10.6 Å². The van der Waals surface area contributed by atoms with Crippen LogP contribution in [0.4, 0.5) is 0 Å². The van der Waals surface area contributed by atoms with Crippen molar-refractivity contribution >= 4 is 0 Å². The number of benzene rings is 1. The summed E-state index contributed by atoms with van der Waals surface area (Å²) in [6.07, 6.45) is 6.73. The van der Waals surface area contributed by atoms with Crippen molar-refractivity contribution in [3.63, 3.8) is 0 Å². The van der Waals surface area contributed by atoms with Gasteiger partial charge in [-0.15, -0.1) is 0 Å².